The zero-order valence-corrected chi connectivity index (χ0v) is 15.5. The minimum atomic E-state index is 0.143. The molecule has 6 heteroatoms. The number of carbonyl (C=O) groups is 1. The third kappa shape index (κ3) is 3.51. The Morgan fingerprint density at radius 1 is 1.15 bits per heavy atom. The molecule has 0 unspecified atom stereocenters. The first-order chi connectivity index (χ1) is 12.6. The van der Waals surface area contributed by atoms with Crippen LogP contribution in [0.3, 0.4) is 0 Å². The molecule has 3 aliphatic heterocycles. The lowest BCUT2D eigenvalue weighted by atomic mass is 9.95. The smallest absolute Gasteiger partial charge is 0.253 e. The Balaban J connectivity index is 1.47. The molecule has 26 heavy (non-hydrogen) atoms. The molecule has 6 nitrogen and oxygen atoms in total. The zero-order chi connectivity index (χ0) is 18.1. The summed E-state index contributed by atoms with van der Waals surface area (Å²) < 4.78 is 5.80. The maximum absolute atomic E-state index is 12.9. The fraction of sp³-hybridized carbons (Fsp3) is 0.550. The number of carbonyl (C=O) groups excluding carboxylic acids is 1. The van der Waals surface area contributed by atoms with Gasteiger partial charge in [0.2, 0.25) is 11.8 Å². The number of nitrogens with zero attached hydrogens (tertiary/aromatic N) is 4. The van der Waals surface area contributed by atoms with Crippen LogP contribution in [0.5, 0.6) is 0 Å². The number of benzene rings is 1. The van der Waals surface area contributed by atoms with E-state index < -0.39 is 0 Å². The second-order valence-corrected chi connectivity index (χ2v) is 7.79. The molecule has 0 spiro atoms. The van der Waals surface area contributed by atoms with Gasteiger partial charge in [-0.2, -0.15) is 0 Å². The van der Waals surface area contributed by atoms with E-state index in [4.69, 9.17) is 4.42 Å². The summed E-state index contributed by atoms with van der Waals surface area (Å²) in [6.45, 7) is 7.38. The molecule has 138 valence electrons. The highest BCUT2D eigenvalue weighted by Gasteiger charge is 2.37. The topological polar surface area (TPSA) is 62.5 Å². The Bertz CT molecular complexity index is 758. The Hall–Kier alpha value is -2.21. The van der Waals surface area contributed by atoms with E-state index in [-0.39, 0.29) is 11.8 Å². The predicted molar refractivity (Wildman–Crippen MR) is 97.7 cm³/mol. The van der Waals surface area contributed by atoms with E-state index in [0.717, 1.165) is 31.6 Å². The van der Waals surface area contributed by atoms with Crippen LogP contribution in [0.1, 0.15) is 54.7 Å². The number of amides is 1. The standard InChI is InChI=1S/C20H26N4O2/c1-14(2)19-22-21-18(26-19)13-23-10-15-8-9-17(23)12-24(11-15)20(25)16-6-4-3-5-7-16/h3-7,14-15,17H,8-13H2,1-2H3/t15-,17-/m1/s1. The lowest BCUT2D eigenvalue weighted by Gasteiger charge is -2.34. The van der Waals surface area contributed by atoms with Crippen LogP contribution in [0.4, 0.5) is 0 Å². The molecule has 5 rings (SSSR count). The second-order valence-electron chi connectivity index (χ2n) is 7.79. The highest BCUT2D eigenvalue weighted by atomic mass is 16.4. The summed E-state index contributed by atoms with van der Waals surface area (Å²) in [7, 11) is 0. The van der Waals surface area contributed by atoms with Crippen molar-refractivity contribution in [2.45, 2.75) is 45.2 Å². The largest absolute Gasteiger partial charge is 0.424 e. The van der Waals surface area contributed by atoms with E-state index >= 15 is 0 Å². The van der Waals surface area contributed by atoms with Gasteiger partial charge in [-0.25, -0.2) is 0 Å². The van der Waals surface area contributed by atoms with Crippen molar-refractivity contribution < 1.29 is 9.21 Å². The summed E-state index contributed by atoms with van der Waals surface area (Å²) in [4.78, 5) is 17.3. The van der Waals surface area contributed by atoms with Crippen LogP contribution in [0.15, 0.2) is 34.7 Å². The average Bonchev–Trinajstić information content (AvgIpc) is 2.93. The summed E-state index contributed by atoms with van der Waals surface area (Å²) in [5, 5.41) is 8.35. The van der Waals surface area contributed by atoms with Gasteiger partial charge in [-0.15, -0.1) is 10.2 Å². The molecular weight excluding hydrogens is 328 g/mol. The van der Waals surface area contributed by atoms with Crippen LogP contribution < -0.4 is 0 Å². The number of fused-ring (bicyclic) bond motifs is 4. The van der Waals surface area contributed by atoms with Crippen molar-refractivity contribution in [2.24, 2.45) is 5.92 Å². The highest BCUT2D eigenvalue weighted by Crippen LogP contribution is 2.30. The summed E-state index contributed by atoms with van der Waals surface area (Å²) in [6, 6.07) is 9.95. The first kappa shape index (κ1) is 17.2. The molecule has 3 fully saturated rings. The molecular formula is C20H26N4O2. The fourth-order valence-electron chi connectivity index (χ4n) is 4.04. The van der Waals surface area contributed by atoms with E-state index in [1.54, 1.807) is 0 Å². The van der Waals surface area contributed by atoms with E-state index in [0.29, 0.717) is 30.3 Å². The number of hydrogen-bond acceptors (Lipinski definition) is 5. The molecule has 4 heterocycles. The monoisotopic (exact) mass is 354 g/mol. The second kappa shape index (κ2) is 7.19. The van der Waals surface area contributed by atoms with Crippen molar-refractivity contribution in [1.29, 1.82) is 0 Å². The van der Waals surface area contributed by atoms with Crippen LogP contribution in [-0.2, 0) is 6.54 Å². The van der Waals surface area contributed by atoms with Gasteiger partial charge in [0.1, 0.15) is 0 Å². The molecule has 0 saturated carbocycles. The SMILES string of the molecule is CC(C)c1nnc(CN2C[C@H]3CC[C@@H]2CN(C(=O)c2ccccc2)C3)o1. The fourth-order valence-corrected chi connectivity index (χ4v) is 4.04. The van der Waals surface area contributed by atoms with Crippen molar-refractivity contribution in [3.8, 4) is 0 Å². The van der Waals surface area contributed by atoms with Crippen molar-refractivity contribution in [1.82, 2.24) is 20.0 Å². The summed E-state index contributed by atoms with van der Waals surface area (Å²) >= 11 is 0. The predicted octanol–water partition coefficient (Wildman–Crippen LogP) is 2.93. The molecule has 0 aliphatic carbocycles. The number of piperidine rings is 1. The van der Waals surface area contributed by atoms with Gasteiger partial charge in [-0.3, -0.25) is 9.69 Å². The first-order valence-electron chi connectivity index (χ1n) is 9.51. The molecule has 2 aromatic rings. The van der Waals surface area contributed by atoms with Gasteiger partial charge < -0.3 is 9.32 Å². The summed E-state index contributed by atoms with van der Waals surface area (Å²) in [6.07, 6.45) is 2.30. The van der Waals surface area contributed by atoms with Crippen molar-refractivity contribution in [2.75, 3.05) is 19.6 Å². The lowest BCUT2D eigenvalue weighted by Crippen LogP contribution is -2.44. The number of hydrogen-bond donors (Lipinski definition) is 0. The molecule has 1 aromatic carbocycles. The number of aromatic nitrogens is 2. The maximum atomic E-state index is 12.9. The van der Waals surface area contributed by atoms with Crippen molar-refractivity contribution >= 4 is 5.91 Å². The Labute approximate surface area is 154 Å². The molecule has 2 bridgehead atoms. The molecule has 1 aromatic heterocycles. The van der Waals surface area contributed by atoms with Crippen LogP contribution in [0.2, 0.25) is 0 Å². The van der Waals surface area contributed by atoms with Crippen LogP contribution >= 0.6 is 0 Å². The van der Waals surface area contributed by atoms with Gasteiger partial charge in [0.25, 0.3) is 5.91 Å². The molecule has 3 saturated heterocycles. The van der Waals surface area contributed by atoms with Gasteiger partial charge >= 0.3 is 0 Å². The van der Waals surface area contributed by atoms with Crippen LogP contribution in [0, 0.1) is 5.92 Å². The first-order valence-corrected chi connectivity index (χ1v) is 9.51. The van der Waals surface area contributed by atoms with Crippen molar-refractivity contribution in [3.05, 3.63) is 47.7 Å². The Morgan fingerprint density at radius 3 is 2.69 bits per heavy atom. The maximum Gasteiger partial charge on any atom is 0.253 e. The van der Waals surface area contributed by atoms with E-state index in [1.165, 1.54) is 6.42 Å². The van der Waals surface area contributed by atoms with Gasteiger partial charge in [-0.1, -0.05) is 32.0 Å². The van der Waals surface area contributed by atoms with Crippen LogP contribution in [-0.4, -0.2) is 51.6 Å². The van der Waals surface area contributed by atoms with Gasteiger partial charge in [0.05, 0.1) is 6.54 Å². The van der Waals surface area contributed by atoms with Gasteiger partial charge in [0, 0.05) is 37.2 Å². The summed E-state index contributed by atoms with van der Waals surface area (Å²) in [5.74, 6) is 2.28. The van der Waals surface area contributed by atoms with E-state index in [2.05, 4.69) is 28.9 Å². The minimum Gasteiger partial charge on any atom is -0.424 e. The normalized spacial score (nSPS) is 23.4. The number of rotatable bonds is 4. The zero-order valence-electron chi connectivity index (χ0n) is 15.5. The Kier molecular flexibility index (Phi) is 4.76. The van der Waals surface area contributed by atoms with E-state index in [1.807, 2.05) is 35.2 Å². The minimum absolute atomic E-state index is 0.143. The molecule has 1 amide bonds. The summed E-state index contributed by atoms with van der Waals surface area (Å²) in [5.41, 5.74) is 0.777. The lowest BCUT2D eigenvalue weighted by molar-refractivity contribution is 0.0732. The third-order valence-corrected chi connectivity index (χ3v) is 5.45. The highest BCUT2D eigenvalue weighted by molar-refractivity contribution is 5.94. The third-order valence-electron chi connectivity index (χ3n) is 5.45. The van der Waals surface area contributed by atoms with E-state index in [9.17, 15) is 4.79 Å². The molecule has 2 atom stereocenters. The Morgan fingerprint density at radius 2 is 1.96 bits per heavy atom. The quantitative estimate of drug-likeness (QED) is 0.845. The molecule has 3 aliphatic rings. The van der Waals surface area contributed by atoms with Crippen molar-refractivity contribution in [3.63, 3.8) is 0 Å². The molecule has 0 radical (unpaired) electrons. The van der Waals surface area contributed by atoms with Crippen LogP contribution in [0.25, 0.3) is 0 Å². The molecule has 0 N–H and O–H groups in total. The van der Waals surface area contributed by atoms with Gasteiger partial charge in [0.15, 0.2) is 0 Å². The van der Waals surface area contributed by atoms with Gasteiger partial charge in [-0.05, 0) is 30.9 Å². The average molecular weight is 354 g/mol.